The number of carbonyl (C=O) groups excluding carboxylic acids is 3. The smallest absolute Gasteiger partial charge is 0.248 e. The van der Waals surface area contributed by atoms with Crippen LogP contribution in [0.25, 0.3) is 22.0 Å². The number of hydrogen-bond acceptors (Lipinski definition) is 7. The summed E-state index contributed by atoms with van der Waals surface area (Å²) in [5, 5.41) is 7.65. The number of alkyl halides is 1. The van der Waals surface area contributed by atoms with Gasteiger partial charge in [0, 0.05) is 36.7 Å². The molecule has 1 saturated heterocycles. The zero-order valence-corrected chi connectivity index (χ0v) is 23.1. The molecule has 12 heteroatoms. The molecule has 4 heterocycles. The fourth-order valence-corrected chi connectivity index (χ4v) is 4.92. The summed E-state index contributed by atoms with van der Waals surface area (Å²) in [6.07, 6.45) is 1.93. The molecule has 0 unspecified atom stereocenters. The molecule has 3 aromatic heterocycles. The number of aryl methyl sites for hydroxylation is 2. The quantitative estimate of drug-likeness (QED) is 0.264. The van der Waals surface area contributed by atoms with E-state index in [1.165, 1.54) is 16.5 Å². The largest absolute Gasteiger partial charge is 0.326 e. The van der Waals surface area contributed by atoms with Crippen LogP contribution in [0.5, 0.6) is 0 Å². The van der Waals surface area contributed by atoms with E-state index in [1.54, 1.807) is 37.5 Å². The van der Waals surface area contributed by atoms with Crippen LogP contribution < -0.4 is 5.32 Å². The van der Waals surface area contributed by atoms with Crippen molar-refractivity contribution in [1.29, 1.82) is 0 Å². The average Bonchev–Trinajstić information content (AvgIpc) is 3.47. The first kappa shape index (κ1) is 26.5. The van der Waals surface area contributed by atoms with E-state index in [0.29, 0.717) is 27.1 Å². The Labute approximate surface area is 231 Å². The fourth-order valence-electron chi connectivity index (χ4n) is 4.59. The highest BCUT2D eigenvalue weighted by atomic mass is 79.9. The maximum atomic E-state index is 14.5. The summed E-state index contributed by atoms with van der Waals surface area (Å²) in [6, 6.07) is 7.84. The molecule has 5 rings (SSSR count). The van der Waals surface area contributed by atoms with E-state index < -0.39 is 24.0 Å². The number of ketones is 1. The number of Topliss-reactive ketones (excluding diaryl/α,β-unsaturated/α-hetero) is 1. The molecule has 10 nitrogen and oxygen atoms in total. The minimum atomic E-state index is -1.34. The minimum absolute atomic E-state index is 0.120. The maximum absolute atomic E-state index is 14.5. The van der Waals surface area contributed by atoms with Gasteiger partial charge in [0.05, 0.1) is 12.1 Å². The molecule has 1 fully saturated rings. The van der Waals surface area contributed by atoms with Crippen molar-refractivity contribution in [3.63, 3.8) is 0 Å². The van der Waals surface area contributed by atoms with Gasteiger partial charge in [-0.1, -0.05) is 12.1 Å². The molecule has 4 aromatic rings. The van der Waals surface area contributed by atoms with Gasteiger partial charge in [0.25, 0.3) is 0 Å². The SMILES string of the molecule is CC(=O)c1nn(CC(=O)N2C[C@H](F)C[C@H]2C(=O)Nc2ccc(C)c(Br)n2)c2ccc(-c3cnc(C)nc3)cc12. The van der Waals surface area contributed by atoms with Crippen molar-refractivity contribution < 1.29 is 18.8 Å². The molecular formula is C27H25BrFN7O3. The van der Waals surface area contributed by atoms with Crippen molar-refractivity contribution in [2.75, 3.05) is 11.9 Å². The maximum Gasteiger partial charge on any atom is 0.248 e. The third-order valence-corrected chi connectivity index (χ3v) is 7.45. The van der Waals surface area contributed by atoms with Gasteiger partial charge in [-0.15, -0.1) is 0 Å². The molecule has 1 aliphatic heterocycles. The molecule has 0 bridgehead atoms. The van der Waals surface area contributed by atoms with Crippen LogP contribution in [0.1, 0.15) is 35.2 Å². The second kappa shape index (κ2) is 10.6. The lowest BCUT2D eigenvalue weighted by molar-refractivity contribution is -0.137. The van der Waals surface area contributed by atoms with E-state index in [4.69, 9.17) is 0 Å². The van der Waals surface area contributed by atoms with Crippen molar-refractivity contribution in [2.24, 2.45) is 0 Å². The summed E-state index contributed by atoms with van der Waals surface area (Å²) in [5.41, 5.74) is 3.24. The fraction of sp³-hybridized carbons (Fsp3) is 0.296. The number of carbonyl (C=O) groups is 3. The first-order valence-electron chi connectivity index (χ1n) is 12.3. The molecule has 1 N–H and O–H groups in total. The lowest BCUT2D eigenvalue weighted by Crippen LogP contribution is -2.44. The number of amides is 2. The number of anilines is 1. The average molecular weight is 594 g/mol. The van der Waals surface area contributed by atoms with E-state index >= 15 is 0 Å². The number of nitrogens with zero attached hydrogens (tertiary/aromatic N) is 6. The predicted molar refractivity (Wildman–Crippen MR) is 146 cm³/mol. The van der Waals surface area contributed by atoms with Crippen LogP contribution in [-0.2, 0) is 16.1 Å². The van der Waals surface area contributed by atoms with Gasteiger partial charge in [-0.05, 0) is 59.1 Å². The number of nitrogens with one attached hydrogen (secondary N) is 1. The molecule has 0 saturated carbocycles. The predicted octanol–water partition coefficient (Wildman–Crippen LogP) is 4.05. The Balaban J connectivity index is 1.40. The number of halogens is 2. The van der Waals surface area contributed by atoms with Crippen LogP contribution in [0, 0.1) is 13.8 Å². The number of rotatable bonds is 6. The topological polar surface area (TPSA) is 123 Å². The molecule has 1 aliphatic rings. The molecule has 2 atom stereocenters. The molecule has 1 aromatic carbocycles. The summed E-state index contributed by atoms with van der Waals surface area (Å²) in [4.78, 5) is 52.7. The Morgan fingerprint density at radius 3 is 2.54 bits per heavy atom. The highest BCUT2D eigenvalue weighted by molar-refractivity contribution is 9.10. The van der Waals surface area contributed by atoms with Crippen LogP contribution in [0.3, 0.4) is 0 Å². The van der Waals surface area contributed by atoms with Gasteiger partial charge in [-0.3, -0.25) is 19.1 Å². The summed E-state index contributed by atoms with van der Waals surface area (Å²) >= 11 is 3.33. The molecule has 2 amide bonds. The van der Waals surface area contributed by atoms with Gasteiger partial charge in [0.15, 0.2) is 5.78 Å². The highest BCUT2D eigenvalue weighted by Crippen LogP contribution is 2.28. The van der Waals surface area contributed by atoms with Crippen molar-refractivity contribution in [1.82, 2.24) is 29.6 Å². The van der Waals surface area contributed by atoms with Gasteiger partial charge in [0.1, 0.15) is 40.7 Å². The number of aromatic nitrogens is 5. The zero-order valence-electron chi connectivity index (χ0n) is 21.5. The monoisotopic (exact) mass is 593 g/mol. The van der Waals surface area contributed by atoms with Crippen LogP contribution in [0.15, 0.2) is 47.3 Å². The second-order valence-electron chi connectivity index (χ2n) is 9.50. The Bertz CT molecular complexity index is 1610. The number of fused-ring (bicyclic) bond motifs is 1. The summed E-state index contributed by atoms with van der Waals surface area (Å²) in [6.45, 7) is 4.59. The Morgan fingerprint density at radius 2 is 1.85 bits per heavy atom. The zero-order chi connectivity index (χ0) is 27.8. The molecule has 0 spiro atoms. The Morgan fingerprint density at radius 1 is 1.10 bits per heavy atom. The van der Waals surface area contributed by atoms with Crippen LogP contribution >= 0.6 is 15.9 Å². The van der Waals surface area contributed by atoms with Gasteiger partial charge >= 0.3 is 0 Å². The summed E-state index contributed by atoms with van der Waals surface area (Å²) in [5.74, 6) is -0.327. The van der Waals surface area contributed by atoms with Crippen LogP contribution in [0.2, 0.25) is 0 Å². The van der Waals surface area contributed by atoms with Gasteiger partial charge in [0.2, 0.25) is 11.8 Å². The first-order valence-corrected chi connectivity index (χ1v) is 13.1. The Kier molecular flexibility index (Phi) is 7.21. The van der Waals surface area contributed by atoms with Crippen molar-refractivity contribution in [3.05, 3.63) is 64.4 Å². The molecular weight excluding hydrogens is 569 g/mol. The minimum Gasteiger partial charge on any atom is -0.326 e. The van der Waals surface area contributed by atoms with Gasteiger partial charge < -0.3 is 10.2 Å². The molecule has 0 aliphatic carbocycles. The molecule has 200 valence electrons. The van der Waals surface area contributed by atoms with Crippen molar-refractivity contribution in [2.45, 2.75) is 46.0 Å². The van der Waals surface area contributed by atoms with Crippen molar-refractivity contribution in [3.8, 4) is 11.1 Å². The number of pyridine rings is 1. The third kappa shape index (κ3) is 5.42. The normalized spacial score (nSPS) is 17.0. The van der Waals surface area contributed by atoms with Gasteiger partial charge in [-0.2, -0.15) is 5.10 Å². The van der Waals surface area contributed by atoms with E-state index in [1.807, 2.05) is 19.1 Å². The van der Waals surface area contributed by atoms with Crippen LogP contribution in [-0.4, -0.2) is 66.0 Å². The lowest BCUT2D eigenvalue weighted by Gasteiger charge is -2.23. The Hall–Kier alpha value is -4.06. The first-order chi connectivity index (χ1) is 18.6. The van der Waals surface area contributed by atoms with Crippen molar-refractivity contribution >= 4 is 50.2 Å². The van der Waals surface area contributed by atoms with Gasteiger partial charge in [-0.25, -0.2) is 19.3 Å². The number of likely N-dealkylation sites (tertiary alicyclic amines) is 1. The highest BCUT2D eigenvalue weighted by Gasteiger charge is 2.40. The lowest BCUT2D eigenvalue weighted by atomic mass is 10.0. The summed E-state index contributed by atoms with van der Waals surface area (Å²) in [7, 11) is 0. The van der Waals surface area contributed by atoms with E-state index in [-0.39, 0.29) is 31.0 Å². The van der Waals surface area contributed by atoms with E-state index in [0.717, 1.165) is 16.7 Å². The van der Waals surface area contributed by atoms with E-state index in [9.17, 15) is 18.8 Å². The number of hydrogen-bond donors (Lipinski definition) is 1. The standard InChI is InChI=1S/C27H25BrFN7O3/c1-14-4-7-23(32-26(14)28)33-27(39)22-9-19(29)12-35(22)24(38)13-36-21-6-5-17(18-10-30-16(3)31-11-18)8-20(21)25(34-36)15(2)37/h4-8,10-11,19,22H,9,12-13H2,1-3H3,(H,32,33,39)/t19-,22+/m1/s1. The number of benzene rings is 1. The molecule has 0 radical (unpaired) electrons. The second-order valence-corrected chi connectivity index (χ2v) is 10.3. The van der Waals surface area contributed by atoms with Crippen LogP contribution in [0.4, 0.5) is 10.2 Å². The summed E-state index contributed by atoms with van der Waals surface area (Å²) < 4.78 is 16.5. The molecule has 39 heavy (non-hydrogen) atoms. The third-order valence-electron chi connectivity index (χ3n) is 6.64. The van der Waals surface area contributed by atoms with E-state index in [2.05, 4.69) is 41.3 Å².